The van der Waals surface area contributed by atoms with Gasteiger partial charge in [0.2, 0.25) is 0 Å². The highest BCUT2D eigenvalue weighted by Crippen LogP contribution is 2.40. The maximum atomic E-state index is 13.2. The molecule has 1 aliphatic carbocycles. The smallest absolute Gasteiger partial charge is 0.124 e. The number of halogens is 2. The van der Waals surface area contributed by atoms with Crippen LogP contribution in [0.15, 0.2) is 24.3 Å². The molecule has 0 saturated carbocycles. The molecule has 112 valence electrons. The number of aliphatic hydroxyl groups excluding tert-OH is 1. The molecule has 0 saturated heterocycles. The van der Waals surface area contributed by atoms with Gasteiger partial charge in [-0.3, -0.25) is 0 Å². The van der Waals surface area contributed by atoms with Gasteiger partial charge in [0.15, 0.2) is 0 Å². The average Bonchev–Trinajstić information content (AvgIpc) is 3.02. The van der Waals surface area contributed by atoms with Crippen LogP contribution in [0.5, 0.6) is 0 Å². The lowest BCUT2D eigenvalue weighted by molar-refractivity contribution is 0.151. The van der Waals surface area contributed by atoms with Crippen molar-refractivity contribution in [1.29, 1.82) is 0 Å². The number of benzene rings is 1. The highest BCUT2D eigenvalue weighted by Gasteiger charge is 2.27. The van der Waals surface area contributed by atoms with Crippen LogP contribution >= 0.6 is 22.9 Å². The molecule has 1 aromatic heterocycles. The van der Waals surface area contributed by atoms with Crippen molar-refractivity contribution in [2.45, 2.75) is 31.3 Å². The summed E-state index contributed by atoms with van der Waals surface area (Å²) in [5.74, 6) is -0.707. The Morgan fingerprint density at radius 2 is 2.14 bits per heavy atom. The molecule has 2 nitrogen and oxygen atoms in total. The maximum Gasteiger partial charge on any atom is 0.124 e. The lowest BCUT2D eigenvalue weighted by atomic mass is 9.92. The van der Waals surface area contributed by atoms with Crippen molar-refractivity contribution in [1.82, 2.24) is 0 Å². The van der Waals surface area contributed by atoms with E-state index in [1.54, 1.807) is 17.4 Å². The molecule has 0 bridgehead atoms. The first-order valence-electron chi connectivity index (χ1n) is 7.04. The number of hydrogen-bond acceptors (Lipinski definition) is 3. The molecule has 0 amide bonds. The standard InChI is InChI=1S/C16H17ClFNOS/c17-13-7-10(18)4-5-11(13)12(8-19)16(20)15-6-9-2-1-3-14(9)21-15/h4-7,12,16,20H,1-3,8,19H2. The largest absolute Gasteiger partial charge is 0.387 e. The zero-order chi connectivity index (χ0) is 15.0. The van der Waals surface area contributed by atoms with Crippen LogP contribution in [-0.4, -0.2) is 11.7 Å². The topological polar surface area (TPSA) is 46.2 Å². The summed E-state index contributed by atoms with van der Waals surface area (Å²) in [5, 5.41) is 11.0. The summed E-state index contributed by atoms with van der Waals surface area (Å²) >= 11 is 7.76. The van der Waals surface area contributed by atoms with Crippen LogP contribution in [-0.2, 0) is 12.8 Å². The minimum atomic E-state index is -0.700. The van der Waals surface area contributed by atoms with Gasteiger partial charge in [-0.15, -0.1) is 11.3 Å². The molecule has 2 aromatic rings. The Labute approximate surface area is 132 Å². The van der Waals surface area contributed by atoms with Crippen molar-refractivity contribution < 1.29 is 9.50 Å². The number of thiophene rings is 1. The Morgan fingerprint density at radius 1 is 1.33 bits per heavy atom. The van der Waals surface area contributed by atoms with E-state index in [0.717, 1.165) is 17.7 Å². The van der Waals surface area contributed by atoms with Gasteiger partial charge in [0.05, 0.1) is 6.10 Å². The van der Waals surface area contributed by atoms with Gasteiger partial charge in [-0.25, -0.2) is 4.39 Å². The number of fused-ring (bicyclic) bond motifs is 1. The van der Waals surface area contributed by atoms with Gasteiger partial charge in [0, 0.05) is 27.2 Å². The van der Waals surface area contributed by atoms with Crippen LogP contribution in [0.2, 0.25) is 5.02 Å². The first-order chi connectivity index (χ1) is 10.1. The third kappa shape index (κ3) is 2.86. The molecule has 5 heteroatoms. The second-order valence-electron chi connectivity index (χ2n) is 5.40. The van der Waals surface area contributed by atoms with Crippen molar-refractivity contribution >= 4 is 22.9 Å². The quantitative estimate of drug-likeness (QED) is 0.898. The number of rotatable bonds is 4. The summed E-state index contributed by atoms with van der Waals surface area (Å²) in [6.45, 7) is 0.259. The maximum absolute atomic E-state index is 13.2. The van der Waals surface area contributed by atoms with E-state index in [9.17, 15) is 9.50 Å². The fraction of sp³-hybridized carbons (Fsp3) is 0.375. The number of hydrogen-bond donors (Lipinski definition) is 2. The summed E-state index contributed by atoms with van der Waals surface area (Å²) < 4.78 is 13.2. The van der Waals surface area contributed by atoms with E-state index < -0.39 is 6.10 Å². The molecule has 21 heavy (non-hydrogen) atoms. The summed E-state index contributed by atoms with van der Waals surface area (Å²) in [5.41, 5.74) is 7.87. The highest BCUT2D eigenvalue weighted by atomic mass is 35.5. The van der Waals surface area contributed by atoms with E-state index in [4.69, 9.17) is 17.3 Å². The molecule has 3 rings (SSSR count). The van der Waals surface area contributed by atoms with Crippen molar-refractivity contribution in [2.75, 3.05) is 6.54 Å². The molecule has 1 aliphatic rings. The van der Waals surface area contributed by atoms with Gasteiger partial charge < -0.3 is 10.8 Å². The fourth-order valence-corrected chi connectivity index (χ4v) is 4.54. The average molecular weight is 326 g/mol. The van der Waals surface area contributed by atoms with Gasteiger partial charge in [-0.2, -0.15) is 0 Å². The Morgan fingerprint density at radius 3 is 2.81 bits per heavy atom. The SMILES string of the molecule is NCC(c1ccc(F)cc1Cl)C(O)c1cc2c(s1)CCC2. The molecular formula is C16H17ClFNOS. The molecular weight excluding hydrogens is 309 g/mol. The van der Waals surface area contributed by atoms with Gasteiger partial charge in [0.25, 0.3) is 0 Å². The minimum Gasteiger partial charge on any atom is -0.387 e. The Hall–Kier alpha value is -0.940. The zero-order valence-corrected chi connectivity index (χ0v) is 13.1. The summed E-state index contributed by atoms with van der Waals surface area (Å²) in [7, 11) is 0. The fourth-order valence-electron chi connectivity index (χ4n) is 2.92. The van der Waals surface area contributed by atoms with E-state index in [-0.39, 0.29) is 18.3 Å². The summed E-state index contributed by atoms with van der Waals surface area (Å²) in [4.78, 5) is 2.29. The third-order valence-corrected chi connectivity index (χ3v) is 5.69. The lowest BCUT2D eigenvalue weighted by Crippen LogP contribution is -2.20. The van der Waals surface area contributed by atoms with Gasteiger partial charge in [-0.05, 0) is 48.6 Å². The second kappa shape index (κ2) is 6.05. The van der Waals surface area contributed by atoms with Crippen molar-refractivity contribution in [3.63, 3.8) is 0 Å². The van der Waals surface area contributed by atoms with Crippen LogP contribution in [0.1, 0.15) is 39.3 Å². The molecule has 2 atom stereocenters. The predicted octanol–water partition coefficient (Wildman–Crippen LogP) is 3.81. The van der Waals surface area contributed by atoms with Crippen LogP contribution < -0.4 is 5.73 Å². The van der Waals surface area contributed by atoms with Gasteiger partial charge in [0.1, 0.15) is 5.82 Å². The van der Waals surface area contributed by atoms with E-state index in [1.165, 1.54) is 29.0 Å². The number of aryl methyl sites for hydroxylation is 2. The molecule has 0 aliphatic heterocycles. The van der Waals surface area contributed by atoms with Crippen molar-refractivity contribution in [3.05, 3.63) is 56.0 Å². The van der Waals surface area contributed by atoms with E-state index in [0.29, 0.717) is 10.6 Å². The highest BCUT2D eigenvalue weighted by molar-refractivity contribution is 7.12. The Kier molecular flexibility index (Phi) is 4.31. The molecule has 0 fully saturated rings. The van der Waals surface area contributed by atoms with Crippen LogP contribution in [0.3, 0.4) is 0 Å². The van der Waals surface area contributed by atoms with Crippen molar-refractivity contribution in [2.24, 2.45) is 5.73 Å². The van der Waals surface area contributed by atoms with E-state index >= 15 is 0 Å². The predicted molar refractivity (Wildman–Crippen MR) is 84.5 cm³/mol. The summed E-state index contributed by atoms with van der Waals surface area (Å²) in [6, 6.07) is 6.31. The second-order valence-corrected chi connectivity index (χ2v) is 6.98. The molecule has 2 unspecified atom stereocenters. The van der Waals surface area contributed by atoms with Crippen LogP contribution in [0, 0.1) is 5.82 Å². The Balaban J connectivity index is 1.91. The molecule has 0 radical (unpaired) electrons. The lowest BCUT2D eigenvalue weighted by Gasteiger charge is -2.22. The number of aliphatic hydroxyl groups is 1. The monoisotopic (exact) mass is 325 g/mol. The Bertz CT molecular complexity index is 636. The molecule has 3 N–H and O–H groups in total. The zero-order valence-electron chi connectivity index (χ0n) is 11.5. The van der Waals surface area contributed by atoms with Crippen LogP contribution in [0.4, 0.5) is 4.39 Å². The molecule has 0 spiro atoms. The first kappa shape index (κ1) is 15.0. The normalized spacial score (nSPS) is 16.8. The van der Waals surface area contributed by atoms with Gasteiger partial charge in [-0.1, -0.05) is 17.7 Å². The van der Waals surface area contributed by atoms with Gasteiger partial charge >= 0.3 is 0 Å². The number of nitrogens with two attached hydrogens (primary N) is 1. The third-order valence-electron chi connectivity index (χ3n) is 4.05. The minimum absolute atomic E-state index is 0.259. The molecule has 1 heterocycles. The molecule has 1 aromatic carbocycles. The van der Waals surface area contributed by atoms with E-state index in [1.807, 2.05) is 0 Å². The van der Waals surface area contributed by atoms with E-state index in [2.05, 4.69) is 6.07 Å². The van der Waals surface area contributed by atoms with Crippen LogP contribution in [0.25, 0.3) is 0 Å². The summed E-state index contributed by atoms with van der Waals surface area (Å²) in [6.07, 6.45) is 2.68. The first-order valence-corrected chi connectivity index (χ1v) is 8.24. The van der Waals surface area contributed by atoms with Crippen molar-refractivity contribution in [3.8, 4) is 0 Å².